The highest BCUT2D eigenvalue weighted by atomic mass is 16.6. The van der Waals surface area contributed by atoms with Crippen LogP contribution in [0.25, 0.3) is 0 Å². The minimum absolute atomic E-state index is 0.0789. The molecule has 3 heteroatoms. The highest BCUT2D eigenvalue weighted by Crippen LogP contribution is 1.87. The van der Waals surface area contributed by atoms with Gasteiger partial charge in [-0.15, -0.1) is 0 Å². The van der Waals surface area contributed by atoms with E-state index in [9.17, 15) is 0 Å². The Labute approximate surface area is 54.2 Å². The molecular weight excluding hydrogens is 120 g/mol. The highest BCUT2D eigenvalue weighted by Gasteiger charge is 1.98. The first-order valence-corrected chi connectivity index (χ1v) is 2.48. The summed E-state index contributed by atoms with van der Waals surface area (Å²) in [6, 6.07) is 0. The molecule has 3 nitrogen and oxygen atoms in total. The predicted molar refractivity (Wildman–Crippen MR) is 33.4 cm³/mol. The Bertz CT molecular complexity index is 90.3. The van der Waals surface area contributed by atoms with E-state index in [1.165, 1.54) is 6.26 Å². The van der Waals surface area contributed by atoms with Gasteiger partial charge in [-0.1, -0.05) is 13.2 Å². The molecule has 0 saturated carbocycles. The molecule has 0 aliphatic carbocycles. The van der Waals surface area contributed by atoms with E-state index in [0.29, 0.717) is 0 Å². The second-order valence-corrected chi connectivity index (χ2v) is 1.26. The summed E-state index contributed by atoms with van der Waals surface area (Å²) in [5.41, 5.74) is 0. The molecule has 52 valence electrons. The van der Waals surface area contributed by atoms with E-state index in [0.717, 1.165) is 6.26 Å². The number of hydrogen-bond donors (Lipinski definition) is 1. The number of rotatable bonds is 5. The summed E-state index contributed by atoms with van der Waals surface area (Å²) >= 11 is 0. The summed E-state index contributed by atoms with van der Waals surface area (Å²) in [5, 5.41) is 8.71. The van der Waals surface area contributed by atoms with Crippen molar-refractivity contribution in [3.63, 3.8) is 0 Å². The van der Waals surface area contributed by atoms with Crippen molar-refractivity contribution in [2.75, 3.05) is 6.61 Å². The van der Waals surface area contributed by atoms with E-state index in [4.69, 9.17) is 5.11 Å². The summed E-state index contributed by atoms with van der Waals surface area (Å²) in [6.07, 6.45) is 1.44. The molecule has 1 N–H and O–H groups in total. The number of hydrogen-bond acceptors (Lipinski definition) is 3. The van der Waals surface area contributed by atoms with Gasteiger partial charge in [-0.2, -0.15) is 0 Å². The SMILES string of the molecule is C=COCC(O)OC=C. The molecular formula is C6H10O3. The number of aliphatic hydroxyl groups is 1. The van der Waals surface area contributed by atoms with Crippen LogP contribution >= 0.6 is 0 Å². The summed E-state index contributed by atoms with van der Waals surface area (Å²) in [7, 11) is 0. The van der Waals surface area contributed by atoms with E-state index < -0.39 is 6.29 Å². The Kier molecular flexibility index (Phi) is 4.63. The Hall–Kier alpha value is -0.960. The monoisotopic (exact) mass is 130 g/mol. The molecule has 0 fully saturated rings. The zero-order valence-electron chi connectivity index (χ0n) is 5.12. The van der Waals surface area contributed by atoms with Crippen LogP contribution in [-0.2, 0) is 9.47 Å². The molecule has 0 bridgehead atoms. The van der Waals surface area contributed by atoms with Crippen LogP contribution in [0.4, 0.5) is 0 Å². The van der Waals surface area contributed by atoms with Crippen LogP contribution in [0.15, 0.2) is 25.7 Å². The second-order valence-electron chi connectivity index (χ2n) is 1.26. The van der Waals surface area contributed by atoms with Crippen molar-refractivity contribution in [2.45, 2.75) is 6.29 Å². The van der Waals surface area contributed by atoms with Crippen molar-refractivity contribution >= 4 is 0 Å². The number of ether oxygens (including phenoxy) is 2. The molecule has 0 aromatic rings. The van der Waals surface area contributed by atoms with Crippen molar-refractivity contribution in [3.8, 4) is 0 Å². The van der Waals surface area contributed by atoms with Crippen LogP contribution in [-0.4, -0.2) is 18.0 Å². The van der Waals surface area contributed by atoms with Crippen molar-refractivity contribution in [1.82, 2.24) is 0 Å². The van der Waals surface area contributed by atoms with Gasteiger partial charge in [0, 0.05) is 0 Å². The average Bonchev–Trinajstić information content (AvgIpc) is 1.85. The van der Waals surface area contributed by atoms with E-state index in [1.54, 1.807) is 0 Å². The number of aliphatic hydroxyl groups excluding tert-OH is 1. The molecule has 0 spiro atoms. The lowest BCUT2D eigenvalue weighted by Gasteiger charge is -2.07. The van der Waals surface area contributed by atoms with Crippen molar-refractivity contribution < 1.29 is 14.6 Å². The van der Waals surface area contributed by atoms with Gasteiger partial charge in [-0.25, -0.2) is 0 Å². The second kappa shape index (κ2) is 5.18. The topological polar surface area (TPSA) is 38.7 Å². The van der Waals surface area contributed by atoms with E-state index >= 15 is 0 Å². The third-order valence-corrected chi connectivity index (χ3v) is 0.610. The Morgan fingerprint density at radius 3 is 2.56 bits per heavy atom. The van der Waals surface area contributed by atoms with Gasteiger partial charge in [0.1, 0.15) is 6.61 Å². The molecule has 0 aromatic heterocycles. The lowest BCUT2D eigenvalue weighted by Crippen LogP contribution is -2.14. The molecule has 0 radical (unpaired) electrons. The summed E-state index contributed by atoms with van der Waals surface area (Å²) in [5.74, 6) is 0. The quantitative estimate of drug-likeness (QED) is 0.438. The van der Waals surface area contributed by atoms with Crippen LogP contribution in [0.5, 0.6) is 0 Å². The fourth-order valence-corrected chi connectivity index (χ4v) is 0.301. The maximum absolute atomic E-state index is 8.71. The summed E-state index contributed by atoms with van der Waals surface area (Å²) in [6.45, 7) is 6.60. The van der Waals surface area contributed by atoms with Gasteiger partial charge in [-0.3, -0.25) is 0 Å². The normalized spacial score (nSPS) is 11.7. The van der Waals surface area contributed by atoms with Crippen LogP contribution in [0, 0.1) is 0 Å². The first-order valence-electron chi connectivity index (χ1n) is 2.48. The highest BCUT2D eigenvalue weighted by molar-refractivity contribution is 4.54. The van der Waals surface area contributed by atoms with Crippen molar-refractivity contribution in [3.05, 3.63) is 25.7 Å². The molecule has 0 aliphatic rings. The lowest BCUT2D eigenvalue weighted by molar-refractivity contribution is -0.0856. The molecule has 0 aromatic carbocycles. The molecule has 9 heavy (non-hydrogen) atoms. The molecule has 1 unspecified atom stereocenters. The molecule has 0 heterocycles. The Morgan fingerprint density at radius 2 is 2.11 bits per heavy atom. The predicted octanol–water partition coefficient (Wildman–Crippen LogP) is 0.625. The van der Waals surface area contributed by atoms with E-state index in [1.807, 2.05) is 0 Å². The Balaban J connectivity index is 3.14. The van der Waals surface area contributed by atoms with Crippen molar-refractivity contribution in [2.24, 2.45) is 0 Å². The van der Waals surface area contributed by atoms with Gasteiger partial charge in [0.15, 0.2) is 0 Å². The van der Waals surface area contributed by atoms with Crippen LogP contribution in [0.3, 0.4) is 0 Å². The van der Waals surface area contributed by atoms with Gasteiger partial charge in [0.25, 0.3) is 0 Å². The molecule has 0 saturated heterocycles. The fraction of sp³-hybridized carbons (Fsp3) is 0.333. The smallest absolute Gasteiger partial charge is 0.230 e. The maximum atomic E-state index is 8.71. The zero-order valence-corrected chi connectivity index (χ0v) is 5.12. The van der Waals surface area contributed by atoms with E-state index in [-0.39, 0.29) is 6.61 Å². The van der Waals surface area contributed by atoms with Gasteiger partial charge in [-0.05, 0) is 0 Å². The molecule has 1 atom stereocenters. The molecule has 0 aliphatic heterocycles. The largest absolute Gasteiger partial charge is 0.495 e. The summed E-state index contributed by atoms with van der Waals surface area (Å²) < 4.78 is 9.08. The zero-order chi connectivity index (χ0) is 7.11. The maximum Gasteiger partial charge on any atom is 0.230 e. The lowest BCUT2D eigenvalue weighted by atomic mass is 10.7. The third kappa shape index (κ3) is 4.90. The summed E-state index contributed by atoms with van der Waals surface area (Å²) in [4.78, 5) is 0. The average molecular weight is 130 g/mol. The molecule has 0 amide bonds. The standard InChI is InChI=1S/C6H10O3/c1-3-8-5-6(7)9-4-2/h3-4,6-7H,1-2,5H2. The minimum atomic E-state index is -0.944. The van der Waals surface area contributed by atoms with Gasteiger partial charge in [0.05, 0.1) is 12.5 Å². The fourth-order valence-electron chi connectivity index (χ4n) is 0.301. The van der Waals surface area contributed by atoms with E-state index in [2.05, 4.69) is 22.6 Å². The van der Waals surface area contributed by atoms with Crippen LogP contribution in [0.1, 0.15) is 0 Å². The van der Waals surface area contributed by atoms with Crippen LogP contribution < -0.4 is 0 Å². The molecule has 0 rings (SSSR count). The first kappa shape index (κ1) is 8.04. The van der Waals surface area contributed by atoms with Crippen molar-refractivity contribution in [1.29, 1.82) is 0 Å². The first-order chi connectivity index (χ1) is 4.31. The third-order valence-electron chi connectivity index (χ3n) is 0.610. The minimum Gasteiger partial charge on any atom is -0.495 e. The van der Waals surface area contributed by atoms with Gasteiger partial charge >= 0.3 is 0 Å². The Morgan fingerprint density at radius 1 is 1.44 bits per heavy atom. The van der Waals surface area contributed by atoms with Gasteiger partial charge < -0.3 is 14.6 Å². The van der Waals surface area contributed by atoms with Gasteiger partial charge in [0.2, 0.25) is 6.29 Å². The van der Waals surface area contributed by atoms with Crippen LogP contribution in [0.2, 0.25) is 0 Å².